The number of halogens is 1. The van der Waals surface area contributed by atoms with Crippen molar-refractivity contribution in [2.75, 3.05) is 5.32 Å². The molecule has 2 aromatic heterocycles. The highest BCUT2D eigenvalue weighted by atomic mass is 35.5. The Bertz CT molecular complexity index is 1410. The number of aromatic nitrogens is 4. The standard InChI is InChI=1S/C23H16ClN5O2/c1-14-27-28-21-23(26-19-4-2-3-5-20(19)29(14)21)31-18-12-10-17(11-13-18)25-22(30)15-6-8-16(24)9-7-15/h2-13H,1H3,(H,25,30). The summed E-state index contributed by atoms with van der Waals surface area (Å²) in [4.78, 5) is 17.0. The molecule has 5 aromatic rings. The number of rotatable bonds is 4. The Morgan fingerprint density at radius 3 is 2.48 bits per heavy atom. The normalized spacial score (nSPS) is 11.0. The van der Waals surface area contributed by atoms with E-state index in [-0.39, 0.29) is 5.91 Å². The topological polar surface area (TPSA) is 81.4 Å². The number of nitrogens with one attached hydrogen (secondary N) is 1. The van der Waals surface area contributed by atoms with E-state index in [2.05, 4.69) is 20.5 Å². The van der Waals surface area contributed by atoms with Gasteiger partial charge in [-0.15, -0.1) is 10.2 Å². The minimum Gasteiger partial charge on any atom is -0.436 e. The average molecular weight is 430 g/mol. The molecule has 3 aromatic carbocycles. The maximum atomic E-state index is 12.4. The van der Waals surface area contributed by atoms with Crippen molar-refractivity contribution in [3.8, 4) is 11.6 Å². The quantitative estimate of drug-likeness (QED) is 0.420. The molecule has 0 aliphatic heterocycles. The molecule has 31 heavy (non-hydrogen) atoms. The van der Waals surface area contributed by atoms with Gasteiger partial charge in [-0.25, -0.2) is 4.98 Å². The fourth-order valence-corrected chi connectivity index (χ4v) is 3.41. The van der Waals surface area contributed by atoms with Gasteiger partial charge in [-0.2, -0.15) is 0 Å². The third kappa shape index (κ3) is 3.67. The zero-order chi connectivity index (χ0) is 21.4. The predicted molar refractivity (Wildman–Crippen MR) is 119 cm³/mol. The molecule has 0 aliphatic carbocycles. The number of carbonyl (C=O) groups is 1. The number of para-hydroxylation sites is 2. The molecule has 0 aliphatic rings. The molecule has 5 rings (SSSR count). The molecule has 0 saturated heterocycles. The number of ether oxygens (including phenoxy) is 1. The molecule has 0 fully saturated rings. The molecule has 7 nitrogen and oxygen atoms in total. The highest BCUT2D eigenvalue weighted by molar-refractivity contribution is 6.30. The minimum absolute atomic E-state index is 0.220. The minimum atomic E-state index is -0.220. The molecule has 0 unspecified atom stereocenters. The first-order valence-electron chi connectivity index (χ1n) is 9.54. The molecular weight excluding hydrogens is 414 g/mol. The van der Waals surface area contributed by atoms with E-state index in [4.69, 9.17) is 16.3 Å². The van der Waals surface area contributed by atoms with Gasteiger partial charge in [0.2, 0.25) is 5.65 Å². The van der Waals surface area contributed by atoms with Crippen LogP contribution in [0.1, 0.15) is 16.2 Å². The van der Waals surface area contributed by atoms with Gasteiger partial charge in [-0.3, -0.25) is 9.20 Å². The molecule has 8 heteroatoms. The Morgan fingerprint density at radius 1 is 0.968 bits per heavy atom. The lowest BCUT2D eigenvalue weighted by atomic mass is 10.2. The van der Waals surface area contributed by atoms with Crippen LogP contribution in [0.25, 0.3) is 16.7 Å². The van der Waals surface area contributed by atoms with E-state index in [9.17, 15) is 4.79 Å². The second-order valence-electron chi connectivity index (χ2n) is 6.90. The SMILES string of the molecule is Cc1nnc2c(Oc3ccc(NC(=O)c4ccc(Cl)cc4)cc3)nc3ccccc3n12. The Hall–Kier alpha value is -3.97. The number of hydrogen-bond donors (Lipinski definition) is 1. The summed E-state index contributed by atoms with van der Waals surface area (Å²) in [5.74, 6) is 1.45. The largest absolute Gasteiger partial charge is 0.436 e. The summed E-state index contributed by atoms with van der Waals surface area (Å²) in [5.41, 5.74) is 3.39. The maximum Gasteiger partial charge on any atom is 0.266 e. The van der Waals surface area contributed by atoms with Gasteiger partial charge in [0.25, 0.3) is 11.8 Å². The van der Waals surface area contributed by atoms with Crippen molar-refractivity contribution in [1.82, 2.24) is 19.6 Å². The van der Waals surface area contributed by atoms with Crippen molar-refractivity contribution >= 4 is 39.9 Å². The summed E-state index contributed by atoms with van der Waals surface area (Å²) in [6.45, 7) is 1.88. The van der Waals surface area contributed by atoms with Crippen molar-refractivity contribution in [3.63, 3.8) is 0 Å². The number of fused-ring (bicyclic) bond motifs is 3. The number of amides is 1. The number of carbonyl (C=O) groups excluding carboxylic acids is 1. The zero-order valence-corrected chi connectivity index (χ0v) is 17.2. The van der Waals surface area contributed by atoms with Crippen molar-refractivity contribution < 1.29 is 9.53 Å². The van der Waals surface area contributed by atoms with Crippen LogP contribution in [0, 0.1) is 6.92 Å². The lowest BCUT2D eigenvalue weighted by molar-refractivity contribution is 0.102. The summed E-state index contributed by atoms with van der Waals surface area (Å²) in [5, 5.41) is 11.8. The van der Waals surface area contributed by atoms with E-state index in [1.54, 1.807) is 48.5 Å². The second-order valence-corrected chi connectivity index (χ2v) is 7.34. The molecule has 0 bridgehead atoms. The van der Waals surface area contributed by atoms with Crippen LogP contribution < -0.4 is 10.1 Å². The summed E-state index contributed by atoms with van der Waals surface area (Å²) >= 11 is 5.87. The van der Waals surface area contributed by atoms with E-state index in [0.29, 0.717) is 33.6 Å². The Balaban J connectivity index is 1.40. The van der Waals surface area contributed by atoms with Crippen LogP contribution in [0.3, 0.4) is 0 Å². The fraction of sp³-hybridized carbons (Fsp3) is 0.0435. The molecule has 0 atom stereocenters. The summed E-state index contributed by atoms with van der Waals surface area (Å²) in [7, 11) is 0. The van der Waals surface area contributed by atoms with E-state index >= 15 is 0 Å². The van der Waals surface area contributed by atoms with Gasteiger partial charge in [-0.05, 0) is 67.6 Å². The lowest BCUT2D eigenvalue weighted by Gasteiger charge is -2.10. The number of nitrogens with zero attached hydrogens (tertiary/aromatic N) is 4. The van der Waals surface area contributed by atoms with E-state index < -0.39 is 0 Å². The molecule has 0 radical (unpaired) electrons. The van der Waals surface area contributed by atoms with Crippen molar-refractivity contribution in [3.05, 3.63) is 89.2 Å². The molecule has 0 spiro atoms. The van der Waals surface area contributed by atoms with Gasteiger partial charge in [0.15, 0.2) is 0 Å². The molecule has 2 heterocycles. The fourth-order valence-electron chi connectivity index (χ4n) is 3.29. The first kappa shape index (κ1) is 19.0. The Labute approximate surface area is 182 Å². The van der Waals surface area contributed by atoms with Gasteiger partial charge in [0.05, 0.1) is 11.0 Å². The number of anilines is 1. The van der Waals surface area contributed by atoms with Crippen LogP contribution in [0.15, 0.2) is 72.8 Å². The molecule has 1 amide bonds. The Morgan fingerprint density at radius 2 is 1.71 bits per heavy atom. The smallest absolute Gasteiger partial charge is 0.266 e. The molecule has 1 N–H and O–H groups in total. The predicted octanol–water partition coefficient (Wildman–Crippen LogP) is 5.28. The van der Waals surface area contributed by atoms with Crippen LogP contribution >= 0.6 is 11.6 Å². The van der Waals surface area contributed by atoms with Gasteiger partial charge in [0, 0.05) is 16.3 Å². The van der Waals surface area contributed by atoms with Gasteiger partial charge in [0.1, 0.15) is 11.6 Å². The Kier molecular flexibility index (Phi) is 4.72. The molecular formula is C23H16ClN5O2. The van der Waals surface area contributed by atoms with Crippen LogP contribution in [0.4, 0.5) is 5.69 Å². The molecule has 0 saturated carbocycles. The van der Waals surface area contributed by atoms with Crippen molar-refractivity contribution in [1.29, 1.82) is 0 Å². The third-order valence-electron chi connectivity index (χ3n) is 4.79. The maximum absolute atomic E-state index is 12.4. The van der Waals surface area contributed by atoms with Crippen LogP contribution in [0.5, 0.6) is 11.6 Å². The van der Waals surface area contributed by atoms with Crippen molar-refractivity contribution in [2.24, 2.45) is 0 Å². The number of benzene rings is 3. The van der Waals surface area contributed by atoms with E-state index in [1.807, 2.05) is 35.6 Å². The monoisotopic (exact) mass is 429 g/mol. The third-order valence-corrected chi connectivity index (χ3v) is 5.05. The molecule has 152 valence electrons. The number of hydrogen-bond acceptors (Lipinski definition) is 5. The van der Waals surface area contributed by atoms with Crippen LogP contribution in [0.2, 0.25) is 5.02 Å². The summed E-state index contributed by atoms with van der Waals surface area (Å²) < 4.78 is 7.92. The summed E-state index contributed by atoms with van der Waals surface area (Å²) in [6.07, 6.45) is 0. The second kappa shape index (κ2) is 7.70. The van der Waals surface area contributed by atoms with Crippen molar-refractivity contribution in [2.45, 2.75) is 6.92 Å². The first-order valence-corrected chi connectivity index (χ1v) is 9.91. The van der Waals surface area contributed by atoms with Gasteiger partial charge in [-0.1, -0.05) is 23.7 Å². The number of aryl methyl sites for hydroxylation is 1. The average Bonchev–Trinajstić information content (AvgIpc) is 3.18. The zero-order valence-electron chi connectivity index (χ0n) is 16.4. The van der Waals surface area contributed by atoms with Crippen LogP contribution in [-0.2, 0) is 0 Å². The highest BCUT2D eigenvalue weighted by Gasteiger charge is 2.15. The van der Waals surface area contributed by atoms with E-state index in [1.165, 1.54) is 0 Å². The lowest BCUT2D eigenvalue weighted by Crippen LogP contribution is -2.11. The van der Waals surface area contributed by atoms with Gasteiger partial charge >= 0.3 is 0 Å². The van der Waals surface area contributed by atoms with Gasteiger partial charge < -0.3 is 10.1 Å². The highest BCUT2D eigenvalue weighted by Crippen LogP contribution is 2.28. The van der Waals surface area contributed by atoms with E-state index in [0.717, 1.165) is 16.9 Å². The van der Waals surface area contributed by atoms with Crippen LogP contribution in [-0.4, -0.2) is 25.5 Å². The first-order chi connectivity index (χ1) is 15.1. The summed E-state index contributed by atoms with van der Waals surface area (Å²) in [6, 6.07) is 21.5.